The van der Waals surface area contributed by atoms with Crippen molar-refractivity contribution in [3.63, 3.8) is 0 Å². The Morgan fingerprint density at radius 3 is 2.71 bits per heavy atom. The van der Waals surface area contributed by atoms with E-state index in [1.54, 1.807) is 6.20 Å². The molecule has 0 atom stereocenters. The van der Waals surface area contributed by atoms with Crippen molar-refractivity contribution in [1.82, 2.24) is 19.9 Å². The van der Waals surface area contributed by atoms with E-state index in [0.29, 0.717) is 23.9 Å². The number of β-amino-alcohol motifs (C(OH)–C–C–N with tert-alkyl or cyclic N) is 1. The first-order valence-electron chi connectivity index (χ1n) is 8.05. The van der Waals surface area contributed by atoms with Crippen molar-refractivity contribution >= 4 is 23.1 Å². The molecular formula is C16H23N7O. The van der Waals surface area contributed by atoms with Crippen LogP contribution >= 0.6 is 0 Å². The van der Waals surface area contributed by atoms with Crippen molar-refractivity contribution in [1.29, 1.82) is 0 Å². The fraction of sp³-hybridized carbons (Fsp3) is 0.438. The lowest BCUT2D eigenvalue weighted by molar-refractivity contribution is 0.188. The largest absolute Gasteiger partial charge is 0.395 e. The molecular weight excluding hydrogens is 306 g/mol. The number of nitrogens with two attached hydrogens (primary N) is 1. The van der Waals surface area contributed by atoms with Crippen LogP contribution in [0.5, 0.6) is 0 Å². The van der Waals surface area contributed by atoms with Gasteiger partial charge in [0.1, 0.15) is 17.8 Å². The van der Waals surface area contributed by atoms with Crippen molar-refractivity contribution in [2.24, 2.45) is 0 Å². The molecule has 4 N–H and O–H groups in total. The summed E-state index contributed by atoms with van der Waals surface area (Å²) in [7, 11) is 0. The number of nitrogens with zero attached hydrogens (tertiary/aromatic N) is 5. The first kappa shape index (κ1) is 16.4. The van der Waals surface area contributed by atoms with E-state index in [-0.39, 0.29) is 6.61 Å². The molecule has 1 aliphatic heterocycles. The summed E-state index contributed by atoms with van der Waals surface area (Å²) in [6, 6.07) is 3.88. The van der Waals surface area contributed by atoms with Crippen LogP contribution in [0.3, 0.4) is 0 Å². The Morgan fingerprint density at radius 2 is 2.00 bits per heavy atom. The monoisotopic (exact) mass is 329 g/mol. The minimum absolute atomic E-state index is 0.188. The van der Waals surface area contributed by atoms with E-state index in [1.807, 2.05) is 19.1 Å². The van der Waals surface area contributed by atoms with Crippen molar-refractivity contribution in [3.05, 3.63) is 30.2 Å². The number of hydrogen-bond acceptors (Lipinski definition) is 8. The maximum absolute atomic E-state index is 9.03. The van der Waals surface area contributed by atoms with Crippen LogP contribution in [0.2, 0.25) is 0 Å². The average Bonchev–Trinajstić information content (AvgIpc) is 2.58. The summed E-state index contributed by atoms with van der Waals surface area (Å²) in [6.07, 6.45) is 3.26. The average molecular weight is 329 g/mol. The first-order valence-corrected chi connectivity index (χ1v) is 8.05. The van der Waals surface area contributed by atoms with Gasteiger partial charge in [-0.15, -0.1) is 0 Å². The minimum Gasteiger partial charge on any atom is -0.395 e. The van der Waals surface area contributed by atoms with Crippen LogP contribution in [0, 0.1) is 6.92 Å². The maximum Gasteiger partial charge on any atom is 0.160 e. The molecule has 2 aromatic heterocycles. The van der Waals surface area contributed by atoms with Gasteiger partial charge in [-0.1, -0.05) is 0 Å². The molecule has 3 rings (SSSR count). The molecule has 8 heteroatoms. The molecule has 0 spiro atoms. The molecule has 1 saturated heterocycles. The summed E-state index contributed by atoms with van der Waals surface area (Å²) in [6.45, 7) is 6.31. The SMILES string of the molecule is Cc1ccnc(Nc2ncnc(N3CCN(CCO)CC3)c2N)c1. The van der Waals surface area contributed by atoms with Gasteiger partial charge in [0.05, 0.1) is 6.61 Å². The molecule has 0 unspecified atom stereocenters. The normalized spacial score (nSPS) is 15.5. The maximum atomic E-state index is 9.03. The standard InChI is InChI=1S/C16H23N7O/c1-12-2-3-18-13(10-12)21-15-14(17)16(20-11-19-15)23-6-4-22(5-7-23)8-9-24/h2-3,10-11,24H,4-9,17H2,1H3,(H,18,19,20,21). The number of piperazine rings is 1. The smallest absolute Gasteiger partial charge is 0.160 e. The summed E-state index contributed by atoms with van der Waals surface area (Å²) in [5, 5.41) is 12.2. The number of rotatable bonds is 5. The quantitative estimate of drug-likeness (QED) is 0.733. The molecule has 128 valence electrons. The van der Waals surface area contributed by atoms with Crippen molar-refractivity contribution in [2.45, 2.75) is 6.92 Å². The van der Waals surface area contributed by atoms with Gasteiger partial charge in [-0.05, 0) is 24.6 Å². The Morgan fingerprint density at radius 1 is 1.21 bits per heavy atom. The third-order valence-corrected chi connectivity index (χ3v) is 4.11. The van der Waals surface area contributed by atoms with Crippen LogP contribution in [0.1, 0.15) is 5.56 Å². The molecule has 0 amide bonds. The molecule has 24 heavy (non-hydrogen) atoms. The van der Waals surface area contributed by atoms with Gasteiger partial charge in [-0.3, -0.25) is 4.90 Å². The van der Waals surface area contributed by atoms with Gasteiger partial charge in [0.25, 0.3) is 0 Å². The zero-order valence-electron chi connectivity index (χ0n) is 13.8. The lowest BCUT2D eigenvalue weighted by Crippen LogP contribution is -2.47. The zero-order chi connectivity index (χ0) is 16.9. The molecule has 0 aliphatic carbocycles. The van der Waals surface area contributed by atoms with Gasteiger partial charge < -0.3 is 21.1 Å². The van der Waals surface area contributed by atoms with Gasteiger partial charge in [0.2, 0.25) is 0 Å². The fourth-order valence-corrected chi connectivity index (χ4v) is 2.79. The molecule has 8 nitrogen and oxygen atoms in total. The van der Waals surface area contributed by atoms with Crippen molar-refractivity contribution in [2.75, 3.05) is 55.3 Å². The van der Waals surface area contributed by atoms with Crippen molar-refractivity contribution < 1.29 is 5.11 Å². The first-order chi connectivity index (χ1) is 11.7. The molecule has 3 heterocycles. The summed E-state index contributed by atoms with van der Waals surface area (Å²) in [5.74, 6) is 2.01. The van der Waals surface area contributed by atoms with Gasteiger partial charge in [-0.25, -0.2) is 15.0 Å². The lowest BCUT2D eigenvalue weighted by atomic mass is 10.3. The number of anilines is 4. The van der Waals surface area contributed by atoms with Crippen LogP contribution in [0.4, 0.5) is 23.1 Å². The van der Waals surface area contributed by atoms with E-state index in [0.717, 1.165) is 37.6 Å². The predicted octanol–water partition coefficient (Wildman–Crippen LogP) is 0.620. The van der Waals surface area contributed by atoms with E-state index in [2.05, 4.69) is 30.1 Å². The highest BCUT2D eigenvalue weighted by atomic mass is 16.3. The highest BCUT2D eigenvalue weighted by Gasteiger charge is 2.21. The number of pyridine rings is 1. The van der Waals surface area contributed by atoms with Crippen LogP contribution in [0.15, 0.2) is 24.7 Å². The molecule has 1 fully saturated rings. The Balaban J connectivity index is 1.74. The highest BCUT2D eigenvalue weighted by Crippen LogP contribution is 2.28. The molecule has 0 aromatic carbocycles. The van der Waals surface area contributed by atoms with E-state index in [9.17, 15) is 0 Å². The second kappa shape index (κ2) is 7.41. The third-order valence-electron chi connectivity index (χ3n) is 4.11. The van der Waals surface area contributed by atoms with E-state index < -0.39 is 0 Å². The topological polar surface area (TPSA) is 103 Å². The Hall–Kier alpha value is -2.45. The number of nitrogen functional groups attached to an aromatic ring is 1. The van der Waals surface area contributed by atoms with Crippen LogP contribution in [-0.4, -0.2) is 64.3 Å². The van der Waals surface area contributed by atoms with Crippen LogP contribution < -0.4 is 16.0 Å². The van der Waals surface area contributed by atoms with E-state index in [1.165, 1.54) is 6.33 Å². The minimum atomic E-state index is 0.188. The second-order valence-corrected chi connectivity index (χ2v) is 5.86. The third kappa shape index (κ3) is 3.72. The summed E-state index contributed by atoms with van der Waals surface area (Å²) >= 11 is 0. The number of aromatic nitrogens is 3. The molecule has 0 bridgehead atoms. The summed E-state index contributed by atoms with van der Waals surface area (Å²) < 4.78 is 0. The lowest BCUT2D eigenvalue weighted by Gasteiger charge is -2.35. The predicted molar refractivity (Wildman–Crippen MR) is 94.4 cm³/mol. The second-order valence-electron chi connectivity index (χ2n) is 5.86. The number of aryl methyl sites for hydroxylation is 1. The van der Waals surface area contributed by atoms with Crippen molar-refractivity contribution in [3.8, 4) is 0 Å². The van der Waals surface area contributed by atoms with Gasteiger partial charge in [-0.2, -0.15) is 0 Å². The Labute approximate surface area is 141 Å². The zero-order valence-corrected chi connectivity index (χ0v) is 13.8. The molecule has 0 saturated carbocycles. The Bertz CT molecular complexity index is 686. The molecule has 1 aliphatic rings. The van der Waals surface area contributed by atoms with E-state index >= 15 is 0 Å². The van der Waals surface area contributed by atoms with Gasteiger partial charge >= 0.3 is 0 Å². The Kier molecular flexibility index (Phi) is 5.07. The van der Waals surface area contributed by atoms with Gasteiger partial charge in [0, 0.05) is 38.9 Å². The number of aliphatic hydroxyl groups is 1. The van der Waals surface area contributed by atoms with Gasteiger partial charge in [0.15, 0.2) is 11.6 Å². The number of hydrogen-bond donors (Lipinski definition) is 3. The summed E-state index contributed by atoms with van der Waals surface area (Å²) in [4.78, 5) is 17.3. The van der Waals surface area contributed by atoms with Crippen LogP contribution in [-0.2, 0) is 0 Å². The summed E-state index contributed by atoms with van der Waals surface area (Å²) in [5.41, 5.74) is 7.92. The number of aliphatic hydroxyl groups excluding tert-OH is 1. The molecule has 0 radical (unpaired) electrons. The van der Waals surface area contributed by atoms with E-state index in [4.69, 9.17) is 10.8 Å². The fourth-order valence-electron chi connectivity index (χ4n) is 2.79. The number of nitrogens with one attached hydrogen (secondary N) is 1. The highest BCUT2D eigenvalue weighted by molar-refractivity contribution is 5.77. The molecule has 2 aromatic rings. The van der Waals surface area contributed by atoms with Crippen LogP contribution in [0.25, 0.3) is 0 Å².